The lowest BCUT2D eigenvalue weighted by molar-refractivity contribution is 0.0342. The van der Waals surface area contributed by atoms with Crippen molar-refractivity contribution in [2.75, 3.05) is 39.5 Å². The molecule has 0 unspecified atom stereocenters. The van der Waals surface area contributed by atoms with Gasteiger partial charge in [-0.1, -0.05) is 18.2 Å². The van der Waals surface area contributed by atoms with Crippen LogP contribution in [0.4, 0.5) is 0 Å². The fourth-order valence-electron chi connectivity index (χ4n) is 3.07. The highest BCUT2D eigenvalue weighted by Crippen LogP contribution is 2.16. The molecule has 3 rings (SSSR count). The average Bonchev–Trinajstić information content (AvgIpc) is 2.69. The van der Waals surface area contributed by atoms with Crippen LogP contribution in [0.3, 0.4) is 0 Å². The topological polar surface area (TPSA) is 50.8 Å². The minimum atomic E-state index is -0.0671. The SMILES string of the molecule is Cc1ccc(OCCNC(=O)c2cccc(CN3CCOCC3)c2)cc1C. The molecule has 0 aromatic heterocycles. The molecule has 5 heteroatoms. The van der Waals surface area contributed by atoms with Gasteiger partial charge in [-0.3, -0.25) is 9.69 Å². The third-order valence-electron chi connectivity index (χ3n) is 4.83. The second-order valence-corrected chi connectivity index (χ2v) is 6.94. The van der Waals surface area contributed by atoms with E-state index in [0.717, 1.165) is 44.2 Å². The second kappa shape index (κ2) is 9.53. The van der Waals surface area contributed by atoms with Crippen molar-refractivity contribution < 1.29 is 14.3 Å². The van der Waals surface area contributed by atoms with Crippen LogP contribution in [0.25, 0.3) is 0 Å². The van der Waals surface area contributed by atoms with Gasteiger partial charge in [-0.2, -0.15) is 0 Å². The molecule has 0 radical (unpaired) electrons. The van der Waals surface area contributed by atoms with Crippen molar-refractivity contribution in [2.45, 2.75) is 20.4 Å². The third-order valence-corrected chi connectivity index (χ3v) is 4.83. The fourth-order valence-corrected chi connectivity index (χ4v) is 3.07. The Balaban J connectivity index is 1.46. The minimum absolute atomic E-state index is 0.0671. The number of amides is 1. The van der Waals surface area contributed by atoms with Gasteiger partial charge >= 0.3 is 0 Å². The van der Waals surface area contributed by atoms with Gasteiger partial charge in [-0.15, -0.1) is 0 Å². The van der Waals surface area contributed by atoms with E-state index in [9.17, 15) is 4.79 Å². The normalized spacial score (nSPS) is 14.7. The molecule has 2 aromatic carbocycles. The lowest BCUT2D eigenvalue weighted by atomic mass is 10.1. The fraction of sp³-hybridized carbons (Fsp3) is 0.409. The van der Waals surface area contributed by atoms with E-state index < -0.39 is 0 Å². The van der Waals surface area contributed by atoms with Crippen LogP contribution in [0.2, 0.25) is 0 Å². The number of hydrogen-bond donors (Lipinski definition) is 1. The lowest BCUT2D eigenvalue weighted by Crippen LogP contribution is -2.35. The van der Waals surface area contributed by atoms with Gasteiger partial charge in [0.15, 0.2) is 0 Å². The first kappa shape index (κ1) is 19.4. The monoisotopic (exact) mass is 368 g/mol. The van der Waals surface area contributed by atoms with Crippen molar-refractivity contribution in [3.8, 4) is 5.75 Å². The molecule has 1 aliphatic heterocycles. The van der Waals surface area contributed by atoms with E-state index in [4.69, 9.17) is 9.47 Å². The van der Waals surface area contributed by atoms with Crippen LogP contribution in [0.5, 0.6) is 5.75 Å². The Labute approximate surface area is 161 Å². The molecule has 0 spiro atoms. The van der Waals surface area contributed by atoms with Gasteiger partial charge < -0.3 is 14.8 Å². The molecule has 0 bridgehead atoms. The second-order valence-electron chi connectivity index (χ2n) is 6.94. The number of benzene rings is 2. The number of hydrogen-bond acceptors (Lipinski definition) is 4. The van der Waals surface area contributed by atoms with Crippen LogP contribution in [0, 0.1) is 13.8 Å². The molecule has 1 heterocycles. The molecule has 1 aliphatic rings. The Morgan fingerprint density at radius 1 is 1.11 bits per heavy atom. The van der Waals surface area contributed by atoms with Gasteiger partial charge in [0, 0.05) is 25.2 Å². The van der Waals surface area contributed by atoms with E-state index in [0.29, 0.717) is 18.7 Å². The van der Waals surface area contributed by atoms with Crippen molar-refractivity contribution in [1.82, 2.24) is 10.2 Å². The lowest BCUT2D eigenvalue weighted by Gasteiger charge is -2.26. The van der Waals surface area contributed by atoms with E-state index in [1.54, 1.807) is 0 Å². The molecule has 0 saturated carbocycles. The van der Waals surface area contributed by atoms with E-state index >= 15 is 0 Å². The summed E-state index contributed by atoms with van der Waals surface area (Å²) in [6.07, 6.45) is 0. The molecule has 1 fully saturated rings. The average molecular weight is 368 g/mol. The van der Waals surface area contributed by atoms with Crippen molar-refractivity contribution in [1.29, 1.82) is 0 Å². The quantitative estimate of drug-likeness (QED) is 0.764. The zero-order valence-corrected chi connectivity index (χ0v) is 16.2. The number of morpholine rings is 1. The number of nitrogens with one attached hydrogen (secondary N) is 1. The van der Waals surface area contributed by atoms with Crippen LogP contribution >= 0.6 is 0 Å². The van der Waals surface area contributed by atoms with Crippen LogP contribution in [0.1, 0.15) is 27.0 Å². The molecule has 0 atom stereocenters. The molecule has 1 amide bonds. The number of aryl methyl sites for hydroxylation is 2. The smallest absolute Gasteiger partial charge is 0.251 e. The maximum absolute atomic E-state index is 12.4. The Hall–Kier alpha value is -2.37. The predicted molar refractivity (Wildman–Crippen MR) is 106 cm³/mol. The molecular formula is C22H28N2O3. The van der Waals surface area contributed by atoms with E-state index in [-0.39, 0.29) is 5.91 Å². The maximum Gasteiger partial charge on any atom is 0.251 e. The molecule has 5 nitrogen and oxygen atoms in total. The van der Waals surface area contributed by atoms with Gasteiger partial charge in [0.1, 0.15) is 12.4 Å². The Morgan fingerprint density at radius 2 is 1.93 bits per heavy atom. The van der Waals surface area contributed by atoms with Gasteiger partial charge in [0.05, 0.1) is 19.8 Å². The summed E-state index contributed by atoms with van der Waals surface area (Å²) < 4.78 is 11.1. The molecule has 0 aliphatic carbocycles. The molecule has 2 aromatic rings. The summed E-state index contributed by atoms with van der Waals surface area (Å²) in [5.41, 5.74) is 4.28. The summed E-state index contributed by atoms with van der Waals surface area (Å²) >= 11 is 0. The first-order valence-electron chi connectivity index (χ1n) is 9.49. The molecule has 1 N–H and O–H groups in total. The molecule has 144 valence electrons. The first-order chi connectivity index (χ1) is 13.1. The number of ether oxygens (including phenoxy) is 2. The van der Waals surface area contributed by atoms with Crippen LogP contribution in [-0.2, 0) is 11.3 Å². The number of nitrogens with zero attached hydrogens (tertiary/aromatic N) is 1. The molecule has 27 heavy (non-hydrogen) atoms. The van der Waals surface area contributed by atoms with Crippen molar-refractivity contribution in [3.63, 3.8) is 0 Å². The summed E-state index contributed by atoms with van der Waals surface area (Å²) in [5, 5.41) is 2.93. The van der Waals surface area contributed by atoms with Gasteiger partial charge in [0.2, 0.25) is 0 Å². The standard InChI is InChI=1S/C22H28N2O3/c1-17-6-7-21(14-18(17)2)27-11-8-23-22(25)20-5-3-4-19(15-20)16-24-9-12-26-13-10-24/h3-7,14-15H,8-13,16H2,1-2H3,(H,23,25). The zero-order valence-electron chi connectivity index (χ0n) is 16.2. The predicted octanol–water partition coefficient (Wildman–Crippen LogP) is 2.94. The Kier molecular flexibility index (Phi) is 6.85. The van der Waals surface area contributed by atoms with Crippen molar-refractivity contribution >= 4 is 5.91 Å². The summed E-state index contributed by atoms with van der Waals surface area (Å²) in [5.74, 6) is 0.766. The van der Waals surface area contributed by atoms with Crippen molar-refractivity contribution in [3.05, 3.63) is 64.7 Å². The van der Waals surface area contributed by atoms with Crippen LogP contribution < -0.4 is 10.1 Å². The van der Waals surface area contributed by atoms with E-state index in [2.05, 4.69) is 30.1 Å². The minimum Gasteiger partial charge on any atom is -0.492 e. The summed E-state index contributed by atoms with van der Waals surface area (Å²) in [7, 11) is 0. The zero-order chi connectivity index (χ0) is 19.1. The summed E-state index contributed by atoms with van der Waals surface area (Å²) in [4.78, 5) is 14.7. The van der Waals surface area contributed by atoms with Crippen LogP contribution in [0.15, 0.2) is 42.5 Å². The highest BCUT2D eigenvalue weighted by atomic mass is 16.5. The molecular weight excluding hydrogens is 340 g/mol. The molecule has 1 saturated heterocycles. The summed E-state index contributed by atoms with van der Waals surface area (Å²) in [6, 6.07) is 13.8. The Bertz CT molecular complexity index is 770. The number of carbonyl (C=O) groups excluding carboxylic acids is 1. The first-order valence-corrected chi connectivity index (χ1v) is 9.49. The number of rotatable bonds is 7. The van der Waals surface area contributed by atoms with E-state index in [1.807, 2.05) is 36.4 Å². The van der Waals surface area contributed by atoms with Gasteiger partial charge in [-0.05, 0) is 54.8 Å². The summed E-state index contributed by atoms with van der Waals surface area (Å²) in [6.45, 7) is 9.34. The highest BCUT2D eigenvalue weighted by Gasteiger charge is 2.12. The third kappa shape index (κ3) is 5.81. The van der Waals surface area contributed by atoms with E-state index in [1.165, 1.54) is 11.1 Å². The van der Waals surface area contributed by atoms with Gasteiger partial charge in [0.25, 0.3) is 5.91 Å². The largest absolute Gasteiger partial charge is 0.492 e. The Morgan fingerprint density at radius 3 is 2.70 bits per heavy atom. The maximum atomic E-state index is 12.4. The van der Waals surface area contributed by atoms with Crippen molar-refractivity contribution in [2.24, 2.45) is 0 Å². The highest BCUT2D eigenvalue weighted by molar-refractivity contribution is 5.94. The number of carbonyl (C=O) groups is 1. The van der Waals surface area contributed by atoms with Gasteiger partial charge in [-0.25, -0.2) is 0 Å². The van der Waals surface area contributed by atoms with Crippen LogP contribution in [-0.4, -0.2) is 50.3 Å².